The molecule has 1 fully saturated rings. The van der Waals surface area contributed by atoms with Gasteiger partial charge in [-0.25, -0.2) is 0 Å². The normalized spacial score (nSPS) is 22.7. The minimum absolute atomic E-state index is 0.114. The Morgan fingerprint density at radius 3 is 2.79 bits per heavy atom. The number of carbonyl (C=O) groups excluding carboxylic acids is 2. The van der Waals surface area contributed by atoms with Crippen LogP contribution in [0.3, 0.4) is 0 Å². The number of carbonyl (C=O) groups is 2. The average Bonchev–Trinajstić information content (AvgIpc) is 3.24. The summed E-state index contributed by atoms with van der Waals surface area (Å²) in [6.45, 7) is 1.21. The maximum atomic E-state index is 13.0. The first-order valence-electron chi connectivity index (χ1n) is 9.67. The molecule has 0 saturated carbocycles. The summed E-state index contributed by atoms with van der Waals surface area (Å²) >= 11 is 6.07. The summed E-state index contributed by atoms with van der Waals surface area (Å²) in [6, 6.07) is 9.31. The third-order valence-electron chi connectivity index (χ3n) is 5.78. The molecule has 2 heterocycles. The van der Waals surface area contributed by atoms with Crippen LogP contribution in [-0.4, -0.2) is 30.4 Å². The lowest BCUT2D eigenvalue weighted by molar-refractivity contribution is -0.149. The van der Waals surface area contributed by atoms with Crippen molar-refractivity contribution in [3.05, 3.63) is 52.0 Å². The lowest BCUT2D eigenvalue weighted by Crippen LogP contribution is -2.39. The van der Waals surface area contributed by atoms with Crippen LogP contribution in [0.4, 0.5) is 0 Å². The van der Waals surface area contributed by atoms with Crippen LogP contribution in [-0.2, 0) is 22.6 Å². The fraction of sp³-hybridized carbons (Fsp3) is 0.364. The zero-order valence-electron chi connectivity index (χ0n) is 15.3. The number of halogens is 1. The van der Waals surface area contributed by atoms with Crippen LogP contribution in [0.15, 0.2) is 30.3 Å². The van der Waals surface area contributed by atoms with Gasteiger partial charge in [0.2, 0.25) is 5.78 Å². The van der Waals surface area contributed by atoms with Gasteiger partial charge in [-0.05, 0) is 79.3 Å². The molecule has 5 rings (SSSR count). The number of aryl methyl sites for hydroxylation is 1. The van der Waals surface area contributed by atoms with Crippen LogP contribution in [0.25, 0.3) is 11.1 Å². The Hall–Kier alpha value is -2.37. The number of ketones is 1. The predicted octanol–water partition coefficient (Wildman–Crippen LogP) is 3.69. The van der Waals surface area contributed by atoms with E-state index in [0.717, 1.165) is 47.4 Å². The van der Waals surface area contributed by atoms with Crippen LogP contribution >= 0.6 is 11.6 Å². The number of hydrogen-bond acceptors (Lipinski definition) is 5. The molecule has 2 aliphatic heterocycles. The third-order valence-corrected chi connectivity index (χ3v) is 6.02. The maximum Gasteiger partial charge on any atom is 0.323 e. The average molecular weight is 398 g/mol. The van der Waals surface area contributed by atoms with Gasteiger partial charge in [0.05, 0.1) is 0 Å². The molecule has 2 aromatic carbocycles. The van der Waals surface area contributed by atoms with Gasteiger partial charge < -0.3 is 14.8 Å². The van der Waals surface area contributed by atoms with Gasteiger partial charge in [0.25, 0.3) is 0 Å². The number of fused-ring (bicyclic) bond motifs is 4. The van der Waals surface area contributed by atoms with Crippen molar-refractivity contribution in [1.29, 1.82) is 0 Å². The monoisotopic (exact) mass is 397 g/mol. The van der Waals surface area contributed by atoms with E-state index >= 15 is 0 Å². The van der Waals surface area contributed by atoms with E-state index in [-0.39, 0.29) is 17.8 Å². The minimum Gasteiger partial charge on any atom is -0.488 e. The quantitative estimate of drug-likeness (QED) is 0.783. The molecule has 2 atom stereocenters. The van der Waals surface area contributed by atoms with E-state index in [1.807, 2.05) is 24.3 Å². The van der Waals surface area contributed by atoms with E-state index in [1.54, 1.807) is 0 Å². The molecule has 2 unspecified atom stereocenters. The second-order valence-corrected chi connectivity index (χ2v) is 8.01. The fourth-order valence-electron chi connectivity index (χ4n) is 4.30. The van der Waals surface area contributed by atoms with Crippen molar-refractivity contribution >= 4 is 23.4 Å². The molecule has 0 aromatic heterocycles. The SMILES string of the molecule is O=C(OC1CCc2cc3c(cc2C1=O)COc1cc(Cl)ccc1-3)C1CCCN1. The number of benzene rings is 2. The Labute approximate surface area is 168 Å². The second kappa shape index (κ2) is 6.90. The first kappa shape index (κ1) is 17.7. The number of ether oxygens (including phenoxy) is 2. The van der Waals surface area contributed by atoms with E-state index < -0.39 is 6.10 Å². The Balaban J connectivity index is 1.43. The molecular formula is C22H20ClNO4. The van der Waals surface area contributed by atoms with Crippen LogP contribution < -0.4 is 10.1 Å². The zero-order chi connectivity index (χ0) is 19.3. The summed E-state index contributed by atoms with van der Waals surface area (Å²) in [5, 5.41) is 3.76. The highest BCUT2D eigenvalue weighted by atomic mass is 35.5. The van der Waals surface area contributed by atoms with Gasteiger partial charge in [0.1, 0.15) is 18.4 Å². The Kier molecular flexibility index (Phi) is 4.37. The minimum atomic E-state index is -0.698. The van der Waals surface area contributed by atoms with E-state index in [2.05, 4.69) is 11.4 Å². The zero-order valence-corrected chi connectivity index (χ0v) is 16.1. The Morgan fingerprint density at radius 1 is 1.11 bits per heavy atom. The van der Waals surface area contributed by atoms with Crippen molar-refractivity contribution in [2.24, 2.45) is 0 Å². The van der Waals surface area contributed by atoms with Gasteiger partial charge in [-0.1, -0.05) is 11.6 Å². The smallest absolute Gasteiger partial charge is 0.323 e. The van der Waals surface area contributed by atoms with Crippen LogP contribution in [0.2, 0.25) is 5.02 Å². The summed E-state index contributed by atoms with van der Waals surface area (Å²) in [5.41, 5.74) is 4.67. The first-order chi connectivity index (χ1) is 13.6. The number of hydrogen-bond donors (Lipinski definition) is 1. The van der Waals surface area contributed by atoms with E-state index in [9.17, 15) is 9.59 Å². The van der Waals surface area contributed by atoms with Crippen molar-refractivity contribution in [1.82, 2.24) is 5.32 Å². The standard InChI is InChI=1S/C22H20ClNO4/c23-14-4-5-15-16-8-12-3-6-19(28-22(26)18-2-1-7-24-18)21(25)17(12)9-13(16)11-27-20(15)10-14/h4-5,8-10,18-19,24H,1-3,6-7,11H2. The number of Topliss-reactive ketones (excluding diaryl/α,β-unsaturated/α-hetero) is 1. The Morgan fingerprint density at radius 2 is 1.96 bits per heavy atom. The van der Waals surface area contributed by atoms with Gasteiger partial charge in [-0.2, -0.15) is 0 Å². The lowest BCUT2D eigenvalue weighted by atomic mass is 9.83. The van der Waals surface area contributed by atoms with Crippen molar-refractivity contribution < 1.29 is 19.1 Å². The van der Waals surface area contributed by atoms with E-state index in [1.165, 1.54) is 0 Å². The molecule has 0 radical (unpaired) electrons. The summed E-state index contributed by atoms with van der Waals surface area (Å²) in [7, 11) is 0. The maximum absolute atomic E-state index is 13.0. The molecule has 1 N–H and O–H groups in total. The molecule has 144 valence electrons. The molecule has 3 aliphatic rings. The second-order valence-electron chi connectivity index (χ2n) is 7.57. The molecule has 5 nitrogen and oxygen atoms in total. The van der Waals surface area contributed by atoms with Crippen molar-refractivity contribution in [3.63, 3.8) is 0 Å². The van der Waals surface area contributed by atoms with Crippen LogP contribution in [0.1, 0.15) is 40.7 Å². The van der Waals surface area contributed by atoms with Gasteiger partial charge in [0.15, 0.2) is 6.10 Å². The highest BCUT2D eigenvalue weighted by Gasteiger charge is 2.34. The van der Waals surface area contributed by atoms with E-state index in [0.29, 0.717) is 30.0 Å². The molecule has 1 saturated heterocycles. The van der Waals surface area contributed by atoms with Crippen LogP contribution in [0, 0.1) is 0 Å². The predicted molar refractivity (Wildman–Crippen MR) is 105 cm³/mol. The highest BCUT2D eigenvalue weighted by Crippen LogP contribution is 2.41. The largest absolute Gasteiger partial charge is 0.488 e. The number of esters is 1. The molecular weight excluding hydrogens is 378 g/mol. The molecule has 1 aliphatic carbocycles. The molecule has 6 heteroatoms. The van der Waals surface area contributed by atoms with Crippen molar-refractivity contribution in [3.8, 4) is 16.9 Å². The molecule has 28 heavy (non-hydrogen) atoms. The number of nitrogens with one attached hydrogen (secondary N) is 1. The third kappa shape index (κ3) is 2.99. The molecule has 2 aromatic rings. The fourth-order valence-corrected chi connectivity index (χ4v) is 4.46. The van der Waals surface area contributed by atoms with Gasteiger partial charge in [0, 0.05) is 16.1 Å². The summed E-state index contributed by atoms with van der Waals surface area (Å²) in [5.74, 6) is 0.335. The molecule has 0 bridgehead atoms. The van der Waals surface area contributed by atoms with E-state index in [4.69, 9.17) is 21.1 Å². The summed E-state index contributed by atoms with van der Waals surface area (Å²) in [6.07, 6.45) is 2.25. The van der Waals surface area contributed by atoms with Crippen molar-refractivity contribution in [2.75, 3.05) is 6.54 Å². The molecule has 0 amide bonds. The van der Waals surface area contributed by atoms with Gasteiger partial charge in [-0.3, -0.25) is 9.59 Å². The molecule has 0 spiro atoms. The summed E-state index contributed by atoms with van der Waals surface area (Å²) < 4.78 is 11.4. The first-order valence-corrected chi connectivity index (χ1v) is 10.0. The lowest BCUT2D eigenvalue weighted by Gasteiger charge is -2.28. The van der Waals surface area contributed by atoms with Gasteiger partial charge in [-0.15, -0.1) is 0 Å². The van der Waals surface area contributed by atoms with Crippen LogP contribution in [0.5, 0.6) is 5.75 Å². The Bertz CT molecular complexity index is 981. The number of rotatable bonds is 2. The highest BCUT2D eigenvalue weighted by molar-refractivity contribution is 6.30. The topological polar surface area (TPSA) is 64.6 Å². The van der Waals surface area contributed by atoms with Gasteiger partial charge >= 0.3 is 5.97 Å². The van der Waals surface area contributed by atoms with Crippen molar-refractivity contribution in [2.45, 2.75) is 44.4 Å². The summed E-state index contributed by atoms with van der Waals surface area (Å²) in [4.78, 5) is 25.3.